The SMILES string of the molecule is CC(C)C(=O)NCC(=O)NC1CN2CCC1CC2. The van der Waals surface area contributed by atoms with E-state index in [0.717, 1.165) is 6.54 Å². The minimum Gasteiger partial charge on any atom is -0.350 e. The Labute approximate surface area is 108 Å². The zero-order valence-electron chi connectivity index (χ0n) is 11.2. The lowest BCUT2D eigenvalue weighted by Crippen LogP contribution is -2.58. The van der Waals surface area contributed by atoms with Crippen LogP contribution in [0.3, 0.4) is 0 Å². The normalized spacial score (nSPS) is 30.3. The summed E-state index contributed by atoms with van der Waals surface area (Å²) in [7, 11) is 0. The average molecular weight is 253 g/mol. The third-order valence-electron chi connectivity index (χ3n) is 3.95. The molecule has 0 aliphatic carbocycles. The summed E-state index contributed by atoms with van der Waals surface area (Å²) < 4.78 is 0. The van der Waals surface area contributed by atoms with Crippen LogP contribution in [0.5, 0.6) is 0 Å². The van der Waals surface area contributed by atoms with E-state index in [1.54, 1.807) is 0 Å². The summed E-state index contributed by atoms with van der Waals surface area (Å²) in [6.07, 6.45) is 2.37. The highest BCUT2D eigenvalue weighted by atomic mass is 16.2. The molecule has 0 radical (unpaired) electrons. The number of amides is 2. The fourth-order valence-electron chi connectivity index (χ4n) is 2.76. The van der Waals surface area contributed by atoms with Crippen molar-refractivity contribution in [3.05, 3.63) is 0 Å². The number of hydrogen-bond acceptors (Lipinski definition) is 3. The van der Waals surface area contributed by atoms with Gasteiger partial charge in [0.25, 0.3) is 0 Å². The summed E-state index contributed by atoms with van der Waals surface area (Å²) >= 11 is 0. The monoisotopic (exact) mass is 253 g/mol. The second-order valence-corrected chi connectivity index (χ2v) is 5.68. The van der Waals surface area contributed by atoms with Crippen LogP contribution in [-0.4, -0.2) is 48.9 Å². The van der Waals surface area contributed by atoms with E-state index in [2.05, 4.69) is 15.5 Å². The third-order valence-corrected chi connectivity index (χ3v) is 3.95. The molecular formula is C13H23N3O2. The molecule has 0 aromatic carbocycles. The van der Waals surface area contributed by atoms with Crippen LogP contribution in [0, 0.1) is 11.8 Å². The van der Waals surface area contributed by atoms with Gasteiger partial charge >= 0.3 is 0 Å². The van der Waals surface area contributed by atoms with Gasteiger partial charge in [0.2, 0.25) is 11.8 Å². The quantitative estimate of drug-likeness (QED) is 0.739. The topological polar surface area (TPSA) is 61.4 Å². The van der Waals surface area contributed by atoms with Crippen LogP contribution in [0.15, 0.2) is 0 Å². The van der Waals surface area contributed by atoms with Crippen molar-refractivity contribution in [3.63, 3.8) is 0 Å². The highest BCUT2D eigenvalue weighted by Crippen LogP contribution is 2.27. The summed E-state index contributed by atoms with van der Waals surface area (Å²) in [5.41, 5.74) is 0. The van der Waals surface area contributed by atoms with Gasteiger partial charge in [0.1, 0.15) is 0 Å². The van der Waals surface area contributed by atoms with Crippen LogP contribution in [0.2, 0.25) is 0 Å². The number of carbonyl (C=O) groups is 2. The molecule has 102 valence electrons. The number of piperidine rings is 3. The van der Waals surface area contributed by atoms with Gasteiger partial charge in [0, 0.05) is 18.5 Å². The molecule has 3 rings (SSSR count). The highest BCUT2D eigenvalue weighted by molar-refractivity contribution is 5.85. The Kier molecular flexibility index (Phi) is 4.22. The van der Waals surface area contributed by atoms with Gasteiger partial charge in [-0.2, -0.15) is 0 Å². The molecule has 3 fully saturated rings. The van der Waals surface area contributed by atoms with Crippen LogP contribution in [0.4, 0.5) is 0 Å². The molecule has 2 amide bonds. The fourth-order valence-corrected chi connectivity index (χ4v) is 2.76. The molecule has 2 bridgehead atoms. The molecule has 5 nitrogen and oxygen atoms in total. The molecule has 0 aromatic heterocycles. The van der Waals surface area contributed by atoms with Crippen LogP contribution in [0.1, 0.15) is 26.7 Å². The maximum Gasteiger partial charge on any atom is 0.239 e. The van der Waals surface area contributed by atoms with E-state index in [1.165, 1.54) is 25.9 Å². The summed E-state index contributed by atoms with van der Waals surface area (Å²) in [4.78, 5) is 25.5. The number of carbonyl (C=O) groups excluding carboxylic acids is 2. The summed E-state index contributed by atoms with van der Waals surface area (Å²) in [6, 6.07) is 0.274. The zero-order chi connectivity index (χ0) is 13.1. The van der Waals surface area contributed by atoms with E-state index < -0.39 is 0 Å². The van der Waals surface area contributed by atoms with Gasteiger partial charge in [-0.25, -0.2) is 0 Å². The van der Waals surface area contributed by atoms with Crippen LogP contribution in [-0.2, 0) is 9.59 Å². The number of fused-ring (bicyclic) bond motifs is 3. The van der Waals surface area contributed by atoms with E-state index in [0.29, 0.717) is 5.92 Å². The van der Waals surface area contributed by atoms with Crippen molar-refractivity contribution in [2.75, 3.05) is 26.2 Å². The van der Waals surface area contributed by atoms with Gasteiger partial charge in [0.15, 0.2) is 0 Å². The van der Waals surface area contributed by atoms with Crippen molar-refractivity contribution in [2.24, 2.45) is 11.8 Å². The Morgan fingerprint density at radius 3 is 2.44 bits per heavy atom. The molecule has 1 unspecified atom stereocenters. The molecule has 3 aliphatic heterocycles. The molecule has 3 heterocycles. The Hall–Kier alpha value is -1.10. The van der Waals surface area contributed by atoms with E-state index in [-0.39, 0.29) is 30.3 Å². The molecule has 0 aromatic rings. The van der Waals surface area contributed by atoms with E-state index >= 15 is 0 Å². The standard InChI is InChI=1S/C13H23N3O2/c1-9(2)13(18)14-7-12(17)15-11-8-16-5-3-10(11)4-6-16/h9-11H,3-8H2,1-2H3,(H,14,18)(H,15,17). The van der Waals surface area contributed by atoms with E-state index in [9.17, 15) is 9.59 Å². The van der Waals surface area contributed by atoms with Crippen LogP contribution >= 0.6 is 0 Å². The Morgan fingerprint density at radius 2 is 1.94 bits per heavy atom. The van der Waals surface area contributed by atoms with Gasteiger partial charge in [-0.1, -0.05) is 13.8 Å². The summed E-state index contributed by atoms with van der Waals surface area (Å²) in [6.45, 7) is 7.04. The van der Waals surface area contributed by atoms with Gasteiger partial charge in [-0.05, 0) is 31.8 Å². The second-order valence-electron chi connectivity index (χ2n) is 5.68. The average Bonchev–Trinajstić information content (AvgIpc) is 2.37. The van der Waals surface area contributed by atoms with E-state index in [1.807, 2.05) is 13.8 Å². The lowest BCUT2D eigenvalue weighted by atomic mass is 9.84. The molecule has 2 N–H and O–H groups in total. The first-order valence-electron chi connectivity index (χ1n) is 6.85. The fraction of sp³-hybridized carbons (Fsp3) is 0.846. The molecule has 3 aliphatic rings. The lowest BCUT2D eigenvalue weighted by Gasteiger charge is -2.44. The molecule has 0 saturated carbocycles. The Bertz CT molecular complexity index is 322. The van der Waals surface area contributed by atoms with E-state index in [4.69, 9.17) is 0 Å². The molecule has 3 saturated heterocycles. The number of hydrogen-bond donors (Lipinski definition) is 2. The molecular weight excluding hydrogens is 230 g/mol. The number of rotatable bonds is 4. The minimum atomic E-state index is -0.0744. The Morgan fingerprint density at radius 1 is 1.28 bits per heavy atom. The first-order valence-corrected chi connectivity index (χ1v) is 6.85. The lowest BCUT2D eigenvalue weighted by molar-refractivity contribution is -0.128. The van der Waals surface area contributed by atoms with Crippen molar-refractivity contribution in [1.29, 1.82) is 0 Å². The van der Waals surface area contributed by atoms with Crippen molar-refractivity contribution < 1.29 is 9.59 Å². The zero-order valence-corrected chi connectivity index (χ0v) is 11.2. The Balaban J connectivity index is 1.73. The highest BCUT2D eigenvalue weighted by Gasteiger charge is 2.34. The molecule has 5 heteroatoms. The molecule has 1 atom stereocenters. The van der Waals surface area contributed by atoms with Gasteiger partial charge in [0.05, 0.1) is 6.54 Å². The summed E-state index contributed by atoms with van der Waals surface area (Å²) in [5.74, 6) is 0.413. The van der Waals surface area contributed by atoms with Gasteiger partial charge in [-0.3, -0.25) is 9.59 Å². The van der Waals surface area contributed by atoms with Crippen molar-refractivity contribution in [3.8, 4) is 0 Å². The van der Waals surface area contributed by atoms with Gasteiger partial charge in [-0.15, -0.1) is 0 Å². The largest absolute Gasteiger partial charge is 0.350 e. The van der Waals surface area contributed by atoms with Crippen LogP contribution in [0.25, 0.3) is 0 Å². The number of nitrogens with zero attached hydrogens (tertiary/aromatic N) is 1. The first-order chi connectivity index (χ1) is 8.56. The molecule has 0 spiro atoms. The van der Waals surface area contributed by atoms with Crippen molar-refractivity contribution >= 4 is 11.8 Å². The minimum absolute atomic E-state index is 0.0669. The predicted octanol–water partition coefficient (Wildman–Crippen LogP) is -0.0310. The number of nitrogens with one attached hydrogen (secondary N) is 2. The van der Waals surface area contributed by atoms with Gasteiger partial charge < -0.3 is 15.5 Å². The van der Waals surface area contributed by atoms with Crippen molar-refractivity contribution in [1.82, 2.24) is 15.5 Å². The smallest absolute Gasteiger partial charge is 0.239 e. The van der Waals surface area contributed by atoms with Crippen molar-refractivity contribution in [2.45, 2.75) is 32.7 Å². The summed E-state index contributed by atoms with van der Waals surface area (Å²) in [5, 5.41) is 5.70. The third kappa shape index (κ3) is 3.22. The maximum absolute atomic E-state index is 11.8. The first kappa shape index (κ1) is 13.3. The predicted molar refractivity (Wildman–Crippen MR) is 68.9 cm³/mol. The maximum atomic E-state index is 11.8. The van der Waals surface area contributed by atoms with Crippen LogP contribution < -0.4 is 10.6 Å². The second kappa shape index (κ2) is 5.69. The molecule has 18 heavy (non-hydrogen) atoms.